The molecule has 1 aliphatic carbocycles. The van der Waals surface area contributed by atoms with E-state index in [-0.39, 0.29) is 5.75 Å². The van der Waals surface area contributed by atoms with Crippen molar-refractivity contribution in [3.05, 3.63) is 87.3 Å². The van der Waals surface area contributed by atoms with Crippen LogP contribution in [0.5, 0.6) is 5.75 Å². The second-order valence-electron chi connectivity index (χ2n) is 7.32. The molecular formula is C24H20O3. The second-order valence-corrected chi connectivity index (χ2v) is 7.32. The van der Waals surface area contributed by atoms with Gasteiger partial charge in [-0.3, -0.25) is 0 Å². The van der Waals surface area contributed by atoms with Crippen molar-refractivity contribution in [2.75, 3.05) is 0 Å². The van der Waals surface area contributed by atoms with Gasteiger partial charge in [0.1, 0.15) is 11.3 Å². The van der Waals surface area contributed by atoms with Crippen LogP contribution in [0.1, 0.15) is 35.1 Å². The lowest BCUT2D eigenvalue weighted by atomic mass is 9.89. The van der Waals surface area contributed by atoms with Gasteiger partial charge >= 0.3 is 5.63 Å². The van der Waals surface area contributed by atoms with Gasteiger partial charge in [0.2, 0.25) is 0 Å². The Bertz CT molecular complexity index is 1230. The number of aromatic hydroxyl groups is 1. The SMILES string of the molecule is O=c1oc2c3c(ccc2c(O)c1Cc1cccc2ccccc12)CCCC3. The van der Waals surface area contributed by atoms with Crippen LogP contribution in [0.15, 0.2) is 63.8 Å². The summed E-state index contributed by atoms with van der Waals surface area (Å²) in [5.74, 6) is 0.0579. The van der Waals surface area contributed by atoms with Crippen LogP contribution in [0.3, 0.4) is 0 Å². The fourth-order valence-electron chi connectivity index (χ4n) is 4.30. The van der Waals surface area contributed by atoms with Crippen molar-refractivity contribution in [3.63, 3.8) is 0 Å². The van der Waals surface area contributed by atoms with E-state index in [4.69, 9.17) is 4.42 Å². The fourth-order valence-corrected chi connectivity index (χ4v) is 4.30. The predicted molar refractivity (Wildman–Crippen MR) is 108 cm³/mol. The van der Waals surface area contributed by atoms with Crippen molar-refractivity contribution in [2.24, 2.45) is 0 Å². The smallest absolute Gasteiger partial charge is 0.343 e. The Morgan fingerprint density at radius 2 is 1.70 bits per heavy atom. The third-order valence-corrected chi connectivity index (χ3v) is 5.71. The maximum Gasteiger partial charge on any atom is 0.343 e. The zero-order valence-corrected chi connectivity index (χ0v) is 15.0. The molecule has 1 heterocycles. The third kappa shape index (κ3) is 2.62. The van der Waals surface area contributed by atoms with Crippen molar-refractivity contribution in [2.45, 2.75) is 32.1 Å². The molecule has 1 aromatic heterocycles. The average Bonchev–Trinajstić information content (AvgIpc) is 2.71. The Kier molecular flexibility index (Phi) is 3.75. The van der Waals surface area contributed by atoms with Crippen molar-refractivity contribution >= 4 is 21.7 Å². The Morgan fingerprint density at radius 3 is 2.63 bits per heavy atom. The summed E-state index contributed by atoms with van der Waals surface area (Å²) in [6.45, 7) is 0. The van der Waals surface area contributed by atoms with E-state index in [0.29, 0.717) is 23.0 Å². The van der Waals surface area contributed by atoms with Crippen molar-refractivity contribution < 1.29 is 9.52 Å². The summed E-state index contributed by atoms with van der Waals surface area (Å²) in [6.07, 6.45) is 4.51. The van der Waals surface area contributed by atoms with Crippen LogP contribution >= 0.6 is 0 Å². The average molecular weight is 356 g/mol. The molecule has 0 fully saturated rings. The number of rotatable bonds is 2. The molecule has 0 amide bonds. The molecule has 5 rings (SSSR count). The summed E-state index contributed by atoms with van der Waals surface area (Å²) in [7, 11) is 0. The molecular weight excluding hydrogens is 336 g/mol. The van der Waals surface area contributed by atoms with Gasteiger partial charge in [0.25, 0.3) is 0 Å². The third-order valence-electron chi connectivity index (χ3n) is 5.71. The van der Waals surface area contributed by atoms with Crippen LogP contribution in [0.25, 0.3) is 21.7 Å². The van der Waals surface area contributed by atoms with Crippen LogP contribution in [-0.2, 0) is 19.3 Å². The Morgan fingerprint density at radius 1 is 0.889 bits per heavy atom. The maximum atomic E-state index is 12.8. The first-order valence-corrected chi connectivity index (χ1v) is 9.48. The van der Waals surface area contributed by atoms with E-state index >= 15 is 0 Å². The fraction of sp³-hybridized carbons (Fsp3) is 0.208. The van der Waals surface area contributed by atoms with Gasteiger partial charge in [0, 0.05) is 6.42 Å². The molecule has 0 atom stereocenters. The molecule has 1 aliphatic rings. The van der Waals surface area contributed by atoms with Crippen molar-refractivity contribution in [1.29, 1.82) is 0 Å². The van der Waals surface area contributed by atoms with E-state index in [0.717, 1.165) is 47.6 Å². The van der Waals surface area contributed by atoms with Gasteiger partial charge in [-0.05, 0) is 59.2 Å². The molecule has 1 N–H and O–H groups in total. The number of hydrogen-bond donors (Lipinski definition) is 1. The molecule has 0 radical (unpaired) electrons. The van der Waals surface area contributed by atoms with Crippen LogP contribution in [0.2, 0.25) is 0 Å². The molecule has 4 aromatic rings. The molecule has 0 saturated heterocycles. The summed E-state index contributed by atoms with van der Waals surface area (Å²) < 4.78 is 5.74. The Balaban J connectivity index is 1.69. The van der Waals surface area contributed by atoms with Gasteiger partial charge in [0.15, 0.2) is 0 Å². The van der Waals surface area contributed by atoms with Gasteiger partial charge in [-0.1, -0.05) is 48.5 Å². The van der Waals surface area contributed by atoms with Gasteiger partial charge in [-0.25, -0.2) is 4.79 Å². The minimum atomic E-state index is -0.438. The topological polar surface area (TPSA) is 50.4 Å². The molecule has 0 bridgehead atoms. The minimum Gasteiger partial charge on any atom is -0.507 e. The highest BCUT2D eigenvalue weighted by atomic mass is 16.4. The second kappa shape index (κ2) is 6.27. The first kappa shape index (κ1) is 16.1. The molecule has 3 heteroatoms. The first-order valence-electron chi connectivity index (χ1n) is 9.48. The lowest BCUT2D eigenvalue weighted by molar-refractivity contribution is 0.457. The zero-order chi connectivity index (χ0) is 18.4. The van der Waals surface area contributed by atoms with Crippen molar-refractivity contribution in [1.82, 2.24) is 0 Å². The molecule has 0 unspecified atom stereocenters. The standard InChI is InChI=1S/C24H20O3/c25-22-20-13-12-16-7-2-4-11-19(16)23(20)27-24(26)21(22)14-17-9-5-8-15-6-1-3-10-18(15)17/h1,3,5-6,8-10,12-13,25H,2,4,7,11,14H2. The zero-order valence-electron chi connectivity index (χ0n) is 15.0. The summed E-state index contributed by atoms with van der Waals surface area (Å²) in [5.41, 5.74) is 3.78. The summed E-state index contributed by atoms with van der Waals surface area (Å²) in [4.78, 5) is 12.8. The van der Waals surface area contributed by atoms with Crippen LogP contribution in [0, 0.1) is 0 Å². The van der Waals surface area contributed by atoms with Crippen molar-refractivity contribution in [3.8, 4) is 5.75 Å². The van der Waals surface area contributed by atoms with E-state index in [9.17, 15) is 9.90 Å². The van der Waals surface area contributed by atoms with Gasteiger partial charge in [-0.2, -0.15) is 0 Å². The molecule has 0 saturated carbocycles. The monoisotopic (exact) mass is 356 g/mol. The van der Waals surface area contributed by atoms with Gasteiger partial charge in [0.05, 0.1) is 10.9 Å². The van der Waals surface area contributed by atoms with E-state index in [2.05, 4.69) is 6.07 Å². The van der Waals surface area contributed by atoms with E-state index in [1.807, 2.05) is 48.5 Å². The molecule has 3 aromatic carbocycles. The molecule has 134 valence electrons. The van der Waals surface area contributed by atoms with Gasteiger partial charge in [-0.15, -0.1) is 0 Å². The summed E-state index contributed by atoms with van der Waals surface area (Å²) in [6, 6.07) is 18.1. The number of hydrogen-bond acceptors (Lipinski definition) is 3. The lowest BCUT2D eigenvalue weighted by Crippen LogP contribution is -2.11. The highest BCUT2D eigenvalue weighted by Crippen LogP contribution is 2.35. The molecule has 0 spiro atoms. The Labute approximate surface area is 156 Å². The molecule has 3 nitrogen and oxygen atoms in total. The predicted octanol–water partition coefficient (Wildman–Crippen LogP) is 5.12. The highest BCUT2D eigenvalue weighted by Gasteiger charge is 2.20. The normalized spacial score (nSPS) is 13.8. The Hall–Kier alpha value is -3.07. The highest BCUT2D eigenvalue weighted by molar-refractivity contribution is 5.89. The van der Waals surface area contributed by atoms with Gasteiger partial charge < -0.3 is 9.52 Å². The largest absolute Gasteiger partial charge is 0.507 e. The van der Waals surface area contributed by atoms with Crippen LogP contribution in [-0.4, -0.2) is 5.11 Å². The first-order chi connectivity index (χ1) is 13.2. The number of benzene rings is 3. The van der Waals surface area contributed by atoms with E-state index < -0.39 is 5.63 Å². The maximum absolute atomic E-state index is 12.8. The minimum absolute atomic E-state index is 0.0579. The number of fused-ring (bicyclic) bond motifs is 4. The van der Waals surface area contributed by atoms with E-state index in [1.165, 1.54) is 5.56 Å². The van der Waals surface area contributed by atoms with E-state index in [1.54, 1.807) is 0 Å². The molecule has 0 aliphatic heterocycles. The number of aryl methyl sites for hydroxylation is 2. The van der Waals surface area contributed by atoms with Crippen LogP contribution in [0.4, 0.5) is 0 Å². The lowest BCUT2D eigenvalue weighted by Gasteiger charge is -2.17. The van der Waals surface area contributed by atoms with Crippen LogP contribution < -0.4 is 5.63 Å². The summed E-state index contributed by atoms with van der Waals surface area (Å²) in [5, 5.41) is 13.8. The quantitative estimate of drug-likeness (QED) is 0.507. The summed E-state index contributed by atoms with van der Waals surface area (Å²) >= 11 is 0. The molecule has 27 heavy (non-hydrogen) atoms.